The van der Waals surface area contributed by atoms with Crippen LogP contribution in [-0.2, 0) is 0 Å². The third kappa shape index (κ3) is 4.01. The SMILES string of the molecule is O=C1c2ccccc2C(=O)c2cc(N(CC(O)CCl)CC(O)CCl)ccc21. The number of benzene rings is 2. The normalized spacial score (nSPS) is 15.1. The Kier molecular flexibility index (Phi) is 6.17. The highest BCUT2D eigenvalue weighted by atomic mass is 35.5. The van der Waals surface area contributed by atoms with Crippen molar-refractivity contribution in [1.82, 2.24) is 0 Å². The summed E-state index contributed by atoms with van der Waals surface area (Å²) in [7, 11) is 0. The van der Waals surface area contributed by atoms with Crippen molar-refractivity contribution in [2.75, 3.05) is 29.7 Å². The van der Waals surface area contributed by atoms with Crippen LogP contribution in [0.2, 0.25) is 0 Å². The van der Waals surface area contributed by atoms with E-state index < -0.39 is 12.2 Å². The molecule has 0 heterocycles. The molecule has 0 fully saturated rings. The van der Waals surface area contributed by atoms with Crippen molar-refractivity contribution < 1.29 is 19.8 Å². The number of carbonyl (C=O) groups is 2. The molecule has 0 radical (unpaired) electrons. The van der Waals surface area contributed by atoms with Gasteiger partial charge >= 0.3 is 0 Å². The lowest BCUT2D eigenvalue weighted by Crippen LogP contribution is -2.39. The molecular weight excluding hydrogens is 389 g/mol. The molecule has 2 atom stereocenters. The van der Waals surface area contributed by atoms with Gasteiger partial charge in [-0.25, -0.2) is 0 Å². The second-order valence-corrected chi connectivity index (χ2v) is 7.07. The maximum Gasteiger partial charge on any atom is 0.194 e. The Labute approximate surface area is 167 Å². The minimum Gasteiger partial charge on any atom is -0.390 e. The summed E-state index contributed by atoms with van der Waals surface area (Å²) in [6.45, 7) is 0.323. The molecule has 2 unspecified atom stereocenters. The zero-order valence-corrected chi connectivity index (χ0v) is 16.0. The van der Waals surface area contributed by atoms with Crippen LogP contribution >= 0.6 is 23.2 Å². The van der Waals surface area contributed by atoms with Crippen LogP contribution in [0.25, 0.3) is 0 Å². The molecule has 1 aliphatic rings. The van der Waals surface area contributed by atoms with E-state index in [4.69, 9.17) is 23.2 Å². The number of hydrogen-bond donors (Lipinski definition) is 2. The lowest BCUT2D eigenvalue weighted by molar-refractivity contribution is 0.0979. The van der Waals surface area contributed by atoms with Crippen LogP contribution in [0.5, 0.6) is 0 Å². The van der Waals surface area contributed by atoms with Crippen LogP contribution in [0.3, 0.4) is 0 Å². The fraction of sp³-hybridized carbons (Fsp3) is 0.300. The molecule has 0 saturated carbocycles. The maximum atomic E-state index is 12.9. The molecule has 3 rings (SSSR count). The molecule has 1 aliphatic carbocycles. The standard InChI is InChI=1S/C20H19Cl2NO4/c21-8-13(24)10-23(11-14(25)9-22)12-5-6-17-18(7-12)20(27)16-4-2-1-3-15(16)19(17)26/h1-7,13-14,24-25H,8-11H2. The van der Waals surface area contributed by atoms with Crippen molar-refractivity contribution in [3.05, 3.63) is 64.7 Å². The number of rotatable bonds is 7. The number of fused-ring (bicyclic) bond motifs is 2. The number of nitrogens with zero attached hydrogens (tertiary/aromatic N) is 1. The number of halogens is 2. The number of aliphatic hydroxyl groups excluding tert-OH is 2. The molecule has 7 heteroatoms. The number of carbonyl (C=O) groups excluding carboxylic acids is 2. The van der Waals surface area contributed by atoms with Gasteiger partial charge in [0.15, 0.2) is 11.6 Å². The number of hydrogen-bond acceptors (Lipinski definition) is 5. The summed E-state index contributed by atoms with van der Waals surface area (Å²) in [5, 5.41) is 19.9. The number of anilines is 1. The van der Waals surface area contributed by atoms with Crippen molar-refractivity contribution in [2.24, 2.45) is 0 Å². The van der Waals surface area contributed by atoms with Crippen molar-refractivity contribution >= 4 is 40.5 Å². The maximum absolute atomic E-state index is 12.9. The Morgan fingerprint density at radius 3 is 1.78 bits per heavy atom. The number of alkyl halides is 2. The third-order valence-electron chi connectivity index (χ3n) is 4.49. The van der Waals surface area contributed by atoms with Gasteiger partial charge in [-0.1, -0.05) is 24.3 Å². The Bertz CT molecular complexity index is 859. The average Bonchev–Trinajstić information content (AvgIpc) is 2.70. The van der Waals surface area contributed by atoms with E-state index in [0.29, 0.717) is 27.9 Å². The largest absolute Gasteiger partial charge is 0.390 e. The van der Waals surface area contributed by atoms with Gasteiger partial charge in [-0.15, -0.1) is 23.2 Å². The molecule has 5 nitrogen and oxygen atoms in total. The van der Waals surface area contributed by atoms with Crippen LogP contribution in [0.15, 0.2) is 42.5 Å². The van der Waals surface area contributed by atoms with Crippen LogP contribution < -0.4 is 4.90 Å². The van der Waals surface area contributed by atoms with E-state index in [-0.39, 0.29) is 36.4 Å². The monoisotopic (exact) mass is 407 g/mol. The number of ketones is 2. The Morgan fingerprint density at radius 2 is 1.26 bits per heavy atom. The van der Waals surface area contributed by atoms with Gasteiger partial charge < -0.3 is 15.1 Å². The summed E-state index contributed by atoms with van der Waals surface area (Å²) in [6, 6.07) is 11.6. The third-order valence-corrected chi connectivity index (χ3v) is 5.20. The summed E-state index contributed by atoms with van der Waals surface area (Å²) < 4.78 is 0. The second kappa shape index (κ2) is 8.40. The zero-order chi connectivity index (χ0) is 19.6. The fourth-order valence-electron chi connectivity index (χ4n) is 3.18. The first-order valence-corrected chi connectivity index (χ1v) is 9.58. The van der Waals surface area contributed by atoms with E-state index in [2.05, 4.69) is 0 Å². The predicted octanol–water partition coefficient (Wildman–Crippen LogP) is 2.47. The van der Waals surface area contributed by atoms with Gasteiger partial charge in [0.05, 0.1) is 24.0 Å². The molecule has 2 aromatic rings. The summed E-state index contributed by atoms with van der Waals surface area (Å²) in [6.07, 6.45) is -1.63. The van der Waals surface area contributed by atoms with Gasteiger partial charge in [-0.2, -0.15) is 0 Å². The Morgan fingerprint density at radius 1 is 0.778 bits per heavy atom. The van der Waals surface area contributed by atoms with Crippen molar-refractivity contribution in [3.63, 3.8) is 0 Å². The van der Waals surface area contributed by atoms with Crippen LogP contribution in [0.4, 0.5) is 5.69 Å². The van der Waals surface area contributed by atoms with Crippen molar-refractivity contribution in [2.45, 2.75) is 12.2 Å². The molecule has 142 valence electrons. The Balaban J connectivity index is 2.00. The Hall–Kier alpha value is -1.92. The lowest BCUT2D eigenvalue weighted by Gasteiger charge is -2.29. The summed E-state index contributed by atoms with van der Waals surface area (Å²) in [4.78, 5) is 27.3. The number of aliphatic hydroxyl groups is 2. The van der Waals surface area contributed by atoms with E-state index in [1.807, 2.05) is 0 Å². The first kappa shape index (κ1) is 19.8. The van der Waals surface area contributed by atoms with E-state index in [0.717, 1.165) is 0 Å². The van der Waals surface area contributed by atoms with Gasteiger partial charge in [0.25, 0.3) is 0 Å². The first-order valence-electron chi connectivity index (χ1n) is 8.51. The van der Waals surface area contributed by atoms with Crippen LogP contribution in [-0.4, -0.2) is 58.8 Å². The van der Waals surface area contributed by atoms with Gasteiger partial charge in [0, 0.05) is 41.0 Å². The second-order valence-electron chi connectivity index (χ2n) is 6.45. The van der Waals surface area contributed by atoms with E-state index >= 15 is 0 Å². The molecule has 0 aliphatic heterocycles. The molecular formula is C20H19Cl2NO4. The van der Waals surface area contributed by atoms with Gasteiger partial charge in [0.1, 0.15) is 0 Å². The minimum atomic E-state index is -0.816. The smallest absolute Gasteiger partial charge is 0.194 e. The quantitative estimate of drug-likeness (QED) is 0.588. The van der Waals surface area contributed by atoms with E-state index in [9.17, 15) is 19.8 Å². The topological polar surface area (TPSA) is 77.8 Å². The average molecular weight is 408 g/mol. The summed E-state index contributed by atoms with van der Waals surface area (Å²) >= 11 is 11.4. The molecule has 2 N–H and O–H groups in total. The molecule has 2 aromatic carbocycles. The summed E-state index contributed by atoms with van der Waals surface area (Å²) in [5.41, 5.74) is 2.03. The molecule has 0 bridgehead atoms. The molecule has 0 aromatic heterocycles. The molecule has 27 heavy (non-hydrogen) atoms. The minimum absolute atomic E-state index is 0.0310. The van der Waals surface area contributed by atoms with Crippen LogP contribution in [0.1, 0.15) is 31.8 Å². The lowest BCUT2D eigenvalue weighted by atomic mass is 9.84. The van der Waals surface area contributed by atoms with Gasteiger partial charge in [-0.3, -0.25) is 9.59 Å². The van der Waals surface area contributed by atoms with E-state index in [1.54, 1.807) is 47.4 Å². The molecule has 0 amide bonds. The van der Waals surface area contributed by atoms with Gasteiger partial charge in [0.2, 0.25) is 0 Å². The molecule has 0 spiro atoms. The predicted molar refractivity (Wildman–Crippen MR) is 105 cm³/mol. The highest BCUT2D eigenvalue weighted by Crippen LogP contribution is 2.30. The first-order chi connectivity index (χ1) is 13.0. The summed E-state index contributed by atoms with van der Waals surface area (Å²) in [5.74, 6) is -0.357. The zero-order valence-electron chi connectivity index (χ0n) is 14.4. The fourth-order valence-corrected chi connectivity index (χ4v) is 3.37. The van der Waals surface area contributed by atoms with Crippen LogP contribution in [0, 0.1) is 0 Å². The molecule has 0 saturated heterocycles. The van der Waals surface area contributed by atoms with E-state index in [1.165, 1.54) is 0 Å². The highest BCUT2D eigenvalue weighted by Gasteiger charge is 2.30. The van der Waals surface area contributed by atoms with Crippen molar-refractivity contribution in [1.29, 1.82) is 0 Å². The van der Waals surface area contributed by atoms with Crippen molar-refractivity contribution in [3.8, 4) is 0 Å². The highest BCUT2D eigenvalue weighted by molar-refractivity contribution is 6.28. The van der Waals surface area contributed by atoms with Gasteiger partial charge in [-0.05, 0) is 18.2 Å².